The van der Waals surface area contributed by atoms with Crippen LogP contribution in [0.4, 0.5) is 0 Å². The number of nitrogens with zero attached hydrogens (tertiary/aromatic N) is 1. The molecule has 17 heavy (non-hydrogen) atoms. The molecule has 0 aliphatic rings. The quantitative estimate of drug-likeness (QED) is 0.801. The van der Waals surface area contributed by atoms with Crippen LogP contribution in [0.5, 0.6) is 0 Å². The Morgan fingerprint density at radius 3 is 2.24 bits per heavy atom. The van der Waals surface area contributed by atoms with Crippen molar-refractivity contribution >= 4 is 0 Å². The molecule has 2 atom stereocenters. The summed E-state index contributed by atoms with van der Waals surface area (Å²) in [6.45, 7) is 15.9. The third kappa shape index (κ3) is 2.91. The SMILES string of the molecule is CCC(C)C(C)C(C)(C)c1ncc(C(C)C)[nH]1. The summed E-state index contributed by atoms with van der Waals surface area (Å²) in [6, 6.07) is 0. The molecule has 0 saturated heterocycles. The zero-order valence-corrected chi connectivity index (χ0v) is 12.5. The minimum absolute atomic E-state index is 0.114. The second-order valence-electron chi connectivity index (χ2n) is 6.24. The lowest BCUT2D eigenvalue weighted by molar-refractivity contribution is 0.234. The van der Waals surface area contributed by atoms with E-state index in [0.717, 1.165) is 11.7 Å². The number of aromatic nitrogens is 2. The number of aromatic amines is 1. The van der Waals surface area contributed by atoms with Crippen molar-refractivity contribution in [2.45, 2.75) is 66.2 Å². The lowest BCUT2D eigenvalue weighted by Crippen LogP contribution is -2.32. The van der Waals surface area contributed by atoms with E-state index in [0.29, 0.717) is 11.8 Å². The molecule has 0 spiro atoms. The van der Waals surface area contributed by atoms with Crippen LogP contribution >= 0.6 is 0 Å². The van der Waals surface area contributed by atoms with Crippen molar-refractivity contribution in [2.24, 2.45) is 11.8 Å². The standard InChI is InChI=1S/C15H28N2/c1-8-11(4)12(5)15(6,7)14-16-9-13(17-14)10(2)3/h9-12H,8H2,1-7H3,(H,16,17). The Balaban J connectivity index is 2.95. The van der Waals surface area contributed by atoms with E-state index in [1.165, 1.54) is 12.1 Å². The third-order valence-corrected chi connectivity index (χ3v) is 4.46. The van der Waals surface area contributed by atoms with Gasteiger partial charge in [-0.05, 0) is 17.8 Å². The number of nitrogens with one attached hydrogen (secondary N) is 1. The van der Waals surface area contributed by atoms with Gasteiger partial charge < -0.3 is 4.98 Å². The highest BCUT2D eigenvalue weighted by atomic mass is 14.9. The van der Waals surface area contributed by atoms with E-state index in [-0.39, 0.29) is 5.41 Å². The first-order valence-corrected chi connectivity index (χ1v) is 6.86. The van der Waals surface area contributed by atoms with Gasteiger partial charge in [-0.1, -0.05) is 54.9 Å². The monoisotopic (exact) mass is 236 g/mol. The number of hydrogen-bond acceptors (Lipinski definition) is 1. The van der Waals surface area contributed by atoms with Crippen LogP contribution in [0.3, 0.4) is 0 Å². The molecule has 1 N–H and O–H groups in total. The predicted molar refractivity (Wildman–Crippen MR) is 74.3 cm³/mol. The maximum absolute atomic E-state index is 4.59. The molecule has 0 aliphatic carbocycles. The molecule has 0 bridgehead atoms. The van der Waals surface area contributed by atoms with Crippen molar-refractivity contribution in [2.75, 3.05) is 0 Å². The van der Waals surface area contributed by atoms with Crippen LogP contribution in [0.2, 0.25) is 0 Å². The van der Waals surface area contributed by atoms with Gasteiger partial charge in [0.15, 0.2) is 0 Å². The molecule has 0 amide bonds. The molecule has 0 aliphatic heterocycles. The smallest absolute Gasteiger partial charge is 0.112 e. The highest BCUT2D eigenvalue weighted by Gasteiger charge is 2.33. The number of hydrogen-bond donors (Lipinski definition) is 1. The van der Waals surface area contributed by atoms with E-state index < -0.39 is 0 Å². The molecule has 0 radical (unpaired) electrons. The van der Waals surface area contributed by atoms with Crippen LogP contribution in [-0.4, -0.2) is 9.97 Å². The van der Waals surface area contributed by atoms with E-state index >= 15 is 0 Å². The fraction of sp³-hybridized carbons (Fsp3) is 0.800. The summed E-state index contributed by atoms with van der Waals surface area (Å²) in [5.41, 5.74) is 1.35. The second-order valence-corrected chi connectivity index (χ2v) is 6.24. The summed E-state index contributed by atoms with van der Waals surface area (Å²) in [6.07, 6.45) is 3.22. The van der Waals surface area contributed by atoms with Gasteiger partial charge in [0.2, 0.25) is 0 Å². The number of rotatable bonds is 5. The molecule has 0 saturated carbocycles. The summed E-state index contributed by atoms with van der Waals surface area (Å²) >= 11 is 0. The minimum Gasteiger partial charge on any atom is -0.345 e. The topological polar surface area (TPSA) is 28.7 Å². The second kappa shape index (κ2) is 5.24. The van der Waals surface area contributed by atoms with Crippen LogP contribution in [0.15, 0.2) is 6.20 Å². The Hall–Kier alpha value is -0.790. The van der Waals surface area contributed by atoms with Crippen molar-refractivity contribution in [3.63, 3.8) is 0 Å². The fourth-order valence-corrected chi connectivity index (χ4v) is 2.24. The molecule has 1 heterocycles. The Kier molecular flexibility index (Phi) is 4.40. The number of H-pyrrole nitrogens is 1. The maximum atomic E-state index is 4.59. The van der Waals surface area contributed by atoms with Gasteiger partial charge in [0.05, 0.1) is 0 Å². The van der Waals surface area contributed by atoms with Gasteiger partial charge >= 0.3 is 0 Å². The lowest BCUT2D eigenvalue weighted by Gasteiger charge is -2.34. The van der Waals surface area contributed by atoms with Crippen molar-refractivity contribution in [3.8, 4) is 0 Å². The predicted octanol–water partition coefficient (Wildman–Crippen LogP) is 4.49. The first-order chi connectivity index (χ1) is 7.80. The van der Waals surface area contributed by atoms with Crippen molar-refractivity contribution < 1.29 is 0 Å². The van der Waals surface area contributed by atoms with Crippen molar-refractivity contribution in [1.29, 1.82) is 0 Å². The molecular formula is C15H28N2. The fourth-order valence-electron chi connectivity index (χ4n) is 2.24. The van der Waals surface area contributed by atoms with Crippen LogP contribution < -0.4 is 0 Å². The molecule has 1 aromatic heterocycles. The Labute approximate surface area is 106 Å². The van der Waals surface area contributed by atoms with E-state index in [1.807, 2.05) is 6.20 Å². The molecule has 0 fully saturated rings. The van der Waals surface area contributed by atoms with Gasteiger partial charge in [0.25, 0.3) is 0 Å². The first-order valence-electron chi connectivity index (χ1n) is 6.86. The normalized spacial score (nSPS) is 16.2. The van der Waals surface area contributed by atoms with E-state index in [4.69, 9.17) is 0 Å². The van der Waals surface area contributed by atoms with Crippen LogP contribution in [-0.2, 0) is 5.41 Å². The van der Waals surface area contributed by atoms with Crippen LogP contribution in [0.1, 0.15) is 72.3 Å². The lowest BCUT2D eigenvalue weighted by atomic mass is 9.72. The van der Waals surface area contributed by atoms with Gasteiger partial charge in [-0.25, -0.2) is 4.98 Å². The summed E-state index contributed by atoms with van der Waals surface area (Å²) in [7, 11) is 0. The zero-order chi connectivity index (χ0) is 13.2. The molecule has 2 unspecified atom stereocenters. The van der Waals surface area contributed by atoms with Crippen molar-refractivity contribution in [1.82, 2.24) is 9.97 Å². The average Bonchev–Trinajstić information content (AvgIpc) is 2.76. The zero-order valence-electron chi connectivity index (χ0n) is 12.5. The summed E-state index contributed by atoms with van der Waals surface area (Å²) in [5.74, 6) is 3.00. The largest absolute Gasteiger partial charge is 0.345 e. The first kappa shape index (κ1) is 14.3. The van der Waals surface area contributed by atoms with Gasteiger partial charge in [0, 0.05) is 17.3 Å². The van der Waals surface area contributed by atoms with Crippen LogP contribution in [0, 0.1) is 11.8 Å². The molecule has 98 valence electrons. The maximum Gasteiger partial charge on any atom is 0.112 e. The van der Waals surface area contributed by atoms with Crippen molar-refractivity contribution in [3.05, 3.63) is 17.7 Å². The van der Waals surface area contributed by atoms with Gasteiger partial charge in [-0.15, -0.1) is 0 Å². The van der Waals surface area contributed by atoms with Gasteiger partial charge in [0.1, 0.15) is 5.82 Å². The molecule has 0 aromatic carbocycles. The summed E-state index contributed by atoms with van der Waals surface area (Å²) < 4.78 is 0. The highest BCUT2D eigenvalue weighted by Crippen LogP contribution is 2.35. The summed E-state index contributed by atoms with van der Waals surface area (Å²) in [4.78, 5) is 8.09. The molecule has 2 nitrogen and oxygen atoms in total. The summed E-state index contributed by atoms with van der Waals surface area (Å²) in [5, 5.41) is 0. The Bertz CT molecular complexity index is 350. The molecule has 1 aromatic rings. The van der Waals surface area contributed by atoms with Gasteiger partial charge in [-0.2, -0.15) is 0 Å². The Morgan fingerprint density at radius 1 is 1.24 bits per heavy atom. The minimum atomic E-state index is 0.114. The average molecular weight is 236 g/mol. The Morgan fingerprint density at radius 2 is 1.82 bits per heavy atom. The van der Waals surface area contributed by atoms with Gasteiger partial charge in [-0.3, -0.25) is 0 Å². The molecule has 1 rings (SSSR count). The number of imidazole rings is 1. The molecular weight excluding hydrogens is 208 g/mol. The van der Waals surface area contributed by atoms with E-state index in [2.05, 4.69) is 58.4 Å². The molecule has 2 heteroatoms. The van der Waals surface area contributed by atoms with Crippen LogP contribution in [0.25, 0.3) is 0 Å². The third-order valence-electron chi connectivity index (χ3n) is 4.46. The van der Waals surface area contributed by atoms with E-state index in [9.17, 15) is 0 Å². The van der Waals surface area contributed by atoms with E-state index in [1.54, 1.807) is 0 Å². The highest BCUT2D eigenvalue weighted by molar-refractivity contribution is 5.13.